The van der Waals surface area contributed by atoms with E-state index in [1.54, 1.807) is 12.1 Å². The van der Waals surface area contributed by atoms with Crippen molar-refractivity contribution in [3.8, 4) is 0 Å². The van der Waals surface area contributed by atoms with E-state index in [1.165, 1.54) is 6.20 Å². The summed E-state index contributed by atoms with van der Waals surface area (Å²) in [5.74, 6) is -0.676. The topological polar surface area (TPSA) is 105 Å². The molecule has 0 aliphatic carbocycles. The average Bonchev–Trinajstić information content (AvgIpc) is 2.20. The zero-order chi connectivity index (χ0) is 11.3. The molecule has 0 aliphatic rings. The van der Waals surface area contributed by atoms with Crippen molar-refractivity contribution in [2.45, 2.75) is 12.5 Å². The molecule has 0 fully saturated rings. The second-order valence-electron chi connectivity index (χ2n) is 2.97. The zero-order valence-electron chi connectivity index (χ0n) is 7.90. The Kier molecular flexibility index (Phi) is 3.61. The number of carbonyl (C=O) groups excluding carboxylic acids is 2. The summed E-state index contributed by atoms with van der Waals surface area (Å²) in [7, 11) is 0. The maximum Gasteiger partial charge on any atom is 0.251 e. The van der Waals surface area contributed by atoms with Crippen LogP contribution in [0.2, 0.25) is 0 Å². The predicted octanol–water partition coefficient (Wildman–Crippen LogP) is -1.48. The molecule has 0 saturated heterocycles. The van der Waals surface area contributed by atoms with Crippen LogP contribution in [0.1, 0.15) is 5.56 Å². The second kappa shape index (κ2) is 4.94. The van der Waals surface area contributed by atoms with Crippen molar-refractivity contribution in [3.05, 3.63) is 34.2 Å². The molecule has 80 valence electrons. The fraction of sp³-hybridized carbons (Fsp3) is 0.222. The van der Waals surface area contributed by atoms with E-state index in [0.717, 1.165) is 0 Å². The van der Waals surface area contributed by atoms with Gasteiger partial charge in [-0.05, 0) is 6.07 Å². The summed E-state index contributed by atoms with van der Waals surface area (Å²) in [6.45, 7) is 0. The highest BCUT2D eigenvalue weighted by Crippen LogP contribution is 1.95. The van der Waals surface area contributed by atoms with Crippen LogP contribution in [-0.2, 0) is 16.0 Å². The number of nitrogens with two attached hydrogens (primary N) is 1. The lowest BCUT2D eigenvalue weighted by Crippen LogP contribution is -2.43. The Morgan fingerprint density at radius 2 is 2.40 bits per heavy atom. The van der Waals surface area contributed by atoms with E-state index < -0.39 is 11.9 Å². The third kappa shape index (κ3) is 2.94. The fourth-order valence-corrected chi connectivity index (χ4v) is 1.16. The summed E-state index contributed by atoms with van der Waals surface area (Å²) in [6.07, 6.45) is 1.95. The van der Waals surface area contributed by atoms with E-state index in [1.807, 2.05) is 0 Å². The van der Waals surface area contributed by atoms with E-state index >= 15 is 0 Å². The standard InChI is InChI=1S/C9H11N3O3/c10-8(14)7(12-5-13)4-6-2-1-3-11-9(6)15/h1-3,5,7H,4H2,(H2,10,14)(H,11,15)(H,12,13). The molecule has 1 aromatic heterocycles. The first kappa shape index (κ1) is 11.0. The molecule has 1 heterocycles. The Morgan fingerprint density at radius 1 is 1.67 bits per heavy atom. The van der Waals surface area contributed by atoms with Gasteiger partial charge in [-0.1, -0.05) is 6.07 Å². The molecule has 2 amide bonds. The average molecular weight is 209 g/mol. The number of aromatic nitrogens is 1. The van der Waals surface area contributed by atoms with Gasteiger partial charge in [0.1, 0.15) is 6.04 Å². The molecule has 1 aromatic rings. The number of amides is 2. The number of aromatic amines is 1. The van der Waals surface area contributed by atoms with Crippen LogP contribution in [0.25, 0.3) is 0 Å². The molecule has 0 saturated carbocycles. The normalized spacial score (nSPS) is 11.7. The van der Waals surface area contributed by atoms with Gasteiger partial charge in [0.05, 0.1) is 0 Å². The molecule has 6 nitrogen and oxygen atoms in total. The summed E-state index contributed by atoms with van der Waals surface area (Å²) in [6, 6.07) is 2.35. The first-order valence-corrected chi connectivity index (χ1v) is 4.30. The molecular formula is C9H11N3O3. The van der Waals surface area contributed by atoms with Crippen LogP contribution in [0.5, 0.6) is 0 Å². The van der Waals surface area contributed by atoms with Gasteiger partial charge in [-0.2, -0.15) is 0 Å². The number of hydrogen-bond donors (Lipinski definition) is 3. The monoisotopic (exact) mass is 209 g/mol. The van der Waals surface area contributed by atoms with Gasteiger partial charge < -0.3 is 16.0 Å². The van der Waals surface area contributed by atoms with Gasteiger partial charge in [0, 0.05) is 18.2 Å². The Morgan fingerprint density at radius 3 is 2.93 bits per heavy atom. The van der Waals surface area contributed by atoms with Gasteiger partial charge in [0.15, 0.2) is 0 Å². The molecule has 1 unspecified atom stereocenters. The molecule has 0 aliphatic heterocycles. The van der Waals surface area contributed by atoms with Gasteiger partial charge >= 0.3 is 0 Å². The third-order valence-electron chi connectivity index (χ3n) is 1.94. The molecule has 0 spiro atoms. The summed E-state index contributed by atoms with van der Waals surface area (Å²) in [5, 5.41) is 2.25. The third-order valence-corrected chi connectivity index (χ3v) is 1.94. The molecule has 0 radical (unpaired) electrons. The lowest BCUT2D eigenvalue weighted by atomic mass is 10.1. The van der Waals surface area contributed by atoms with Crippen molar-refractivity contribution < 1.29 is 9.59 Å². The van der Waals surface area contributed by atoms with Gasteiger partial charge in [0.25, 0.3) is 5.56 Å². The van der Waals surface area contributed by atoms with E-state index in [-0.39, 0.29) is 12.0 Å². The Bertz CT molecular complexity index is 413. The van der Waals surface area contributed by atoms with Crippen molar-refractivity contribution in [1.29, 1.82) is 0 Å². The van der Waals surface area contributed by atoms with Crippen LogP contribution in [0.15, 0.2) is 23.1 Å². The fourth-order valence-electron chi connectivity index (χ4n) is 1.16. The molecule has 15 heavy (non-hydrogen) atoms. The Hall–Kier alpha value is -2.11. The number of carbonyl (C=O) groups is 2. The molecule has 1 rings (SSSR count). The lowest BCUT2D eigenvalue weighted by molar-refractivity contribution is -0.122. The number of pyridine rings is 1. The Labute approximate surface area is 85.5 Å². The Balaban J connectivity index is 2.83. The van der Waals surface area contributed by atoms with Crippen LogP contribution in [0.3, 0.4) is 0 Å². The summed E-state index contributed by atoms with van der Waals surface area (Å²) < 4.78 is 0. The highest BCUT2D eigenvalue weighted by atomic mass is 16.2. The van der Waals surface area contributed by atoms with Gasteiger partial charge in [-0.3, -0.25) is 14.4 Å². The van der Waals surface area contributed by atoms with Crippen LogP contribution in [-0.4, -0.2) is 23.3 Å². The van der Waals surface area contributed by atoms with E-state index in [2.05, 4.69) is 10.3 Å². The minimum absolute atomic E-state index is 0.0875. The van der Waals surface area contributed by atoms with E-state index in [9.17, 15) is 14.4 Å². The molecule has 0 bridgehead atoms. The van der Waals surface area contributed by atoms with E-state index in [4.69, 9.17) is 5.73 Å². The maximum atomic E-state index is 11.3. The van der Waals surface area contributed by atoms with Crippen molar-refractivity contribution in [3.63, 3.8) is 0 Å². The number of nitrogens with one attached hydrogen (secondary N) is 2. The SMILES string of the molecule is NC(=O)C(Cc1ccc[nH]c1=O)NC=O. The minimum atomic E-state index is -0.856. The first-order chi connectivity index (χ1) is 7.15. The largest absolute Gasteiger partial charge is 0.368 e. The van der Waals surface area contributed by atoms with Crippen LogP contribution < -0.4 is 16.6 Å². The predicted molar refractivity (Wildman–Crippen MR) is 52.9 cm³/mol. The van der Waals surface area contributed by atoms with Gasteiger partial charge in [-0.15, -0.1) is 0 Å². The summed E-state index contributed by atoms with van der Waals surface area (Å²) in [5.41, 5.74) is 5.15. The summed E-state index contributed by atoms with van der Waals surface area (Å²) in [4.78, 5) is 34.8. The van der Waals surface area contributed by atoms with Crippen molar-refractivity contribution in [2.75, 3.05) is 0 Å². The van der Waals surface area contributed by atoms with Crippen LogP contribution in [0.4, 0.5) is 0 Å². The molecule has 6 heteroatoms. The van der Waals surface area contributed by atoms with Crippen LogP contribution in [0, 0.1) is 0 Å². The number of rotatable bonds is 5. The van der Waals surface area contributed by atoms with Gasteiger partial charge in [-0.25, -0.2) is 0 Å². The first-order valence-electron chi connectivity index (χ1n) is 4.30. The smallest absolute Gasteiger partial charge is 0.251 e. The quantitative estimate of drug-likeness (QED) is 0.515. The number of primary amides is 1. The second-order valence-corrected chi connectivity index (χ2v) is 2.97. The number of H-pyrrole nitrogens is 1. The van der Waals surface area contributed by atoms with E-state index in [0.29, 0.717) is 12.0 Å². The van der Waals surface area contributed by atoms with Gasteiger partial charge in [0.2, 0.25) is 12.3 Å². The molecule has 1 atom stereocenters. The van der Waals surface area contributed by atoms with Crippen molar-refractivity contribution in [1.82, 2.24) is 10.3 Å². The number of hydrogen-bond acceptors (Lipinski definition) is 3. The maximum absolute atomic E-state index is 11.3. The highest BCUT2D eigenvalue weighted by Gasteiger charge is 2.15. The molecular weight excluding hydrogens is 198 g/mol. The van der Waals surface area contributed by atoms with Crippen molar-refractivity contribution >= 4 is 12.3 Å². The zero-order valence-corrected chi connectivity index (χ0v) is 7.90. The van der Waals surface area contributed by atoms with Crippen LogP contribution >= 0.6 is 0 Å². The molecule has 0 aromatic carbocycles. The molecule has 4 N–H and O–H groups in total. The highest BCUT2D eigenvalue weighted by molar-refractivity contribution is 5.82. The minimum Gasteiger partial charge on any atom is -0.368 e. The van der Waals surface area contributed by atoms with Crippen molar-refractivity contribution in [2.24, 2.45) is 5.73 Å². The summed E-state index contributed by atoms with van der Waals surface area (Å²) >= 11 is 0. The lowest BCUT2D eigenvalue weighted by Gasteiger charge is -2.10.